The zero-order chi connectivity index (χ0) is 47.3. The lowest BCUT2D eigenvalue weighted by atomic mass is 9.55. The first-order chi connectivity index (χ1) is 32.2. The monoisotopic (exact) mass is 919 g/mol. The molecule has 66 heavy (non-hydrogen) atoms. The average Bonchev–Trinajstić information content (AvgIpc) is 3.31. The Morgan fingerprint density at radius 2 is 1.58 bits per heavy atom. The number of carbonyl (C=O) groups excluding carboxylic acids is 2. The number of nitro benzene ring substituents is 1. The summed E-state index contributed by atoms with van der Waals surface area (Å²) in [7, 11) is 1.49. The molecule has 2 amide bonds. The van der Waals surface area contributed by atoms with Crippen molar-refractivity contribution < 1.29 is 48.5 Å². The van der Waals surface area contributed by atoms with Crippen molar-refractivity contribution >= 4 is 23.6 Å². The van der Waals surface area contributed by atoms with E-state index in [2.05, 4.69) is 30.1 Å². The number of unbranched alkanes of at least 4 members (excludes halogenated alkanes) is 11. The van der Waals surface area contributed by atoms with Crippen LogP contribution in [-0.4, -0.2) is 89.8 Å². The first kappa shape index (κ1) is 52.0. The molecule has 0 bridgehead atoms. The number of nitro groups is 1. The van der Waals surface area contributed by atoms with Crippen LogP contribution in [0.1, 0.15) is 141 Å². The van der Waals surface area contributed by atoms with Gasteiger partial charge in [-0.25, -0.2) is 9.59 Å². The second kappa shape index (κ2) is 27.0. The lowest BCUT2D eigenvalue weighted by Gasteiger charge is -2.59. The number of ether oxygens (including phenoxy) is 4. The number of nitrogens with one attached hydrogen (secondary N) is 1. The number of carbonyl (C=O) groups is 2. The highest BCUT2D eigenvalue weighted by atomic mass is 16.7. The molecule has 6 atom stereocenters. The molecule has 15 nitrogen and oxygen atoms in total. The number of nitrogens with zero attached hydrogens (tertiary/aromatic N) is 3. The Labute approximate surface area is 391 Å². The molecule has 1 fully saturated rings. The number of aliphatic hydroxyl groups excluding tert-OH is 2. The van der Waals surface area contributed by atoms with Crippen molar-refractivity contribution in [2.24, 2.45) is 22.9 Å². The minimum atomic E-state index is -1.52. The van der Waals surface area contributed by atoms with Gasteiger partial charge < -0.3 is 39.3 Å². The van der Waals surface area contributed by atoms with E-state index >= 15 is 0 Å². The van der Waals surface area contributed by atoms with Crippen molar-refractivity contribution in [3.05, 3.63) is 82.4 Å². The molecule has 1 saturated carbocycles. The van der Waals surface area contributed by atoms with E-state index in [0.29, 0.717) is 43.0 Å². The molecular weight excluding hydrogens is 845 g/mol. The van der Waals surface area contributed by atoms with Gasteiger partial charge in [-0.15, -0.1) is 6.58 Å². The van der Waals surface area contributed by atoms with E-state index < -0.39 is 34.9 Å². The third-order valence-electron chi connectivity index (χ3n) is 13.2. The van der Waals surface area contributed by atoms with E-state index in [4.69, 9.17) is 23.8 Å². The van der Waals surface area contributed by atoms with E-state index in [0.717, 1.165) is 56.1 Å². The first-order valence-corrected chi connectivity index (χ1v) is 24.5. The molecule has 2 aromatic carbocycles. The summed E-state index contributed by atoms with van der Waals surface area (Å²) in [5.74, 6) is -1.43. The average molecular weight is 919 g/mol. The molecule has 5 rings (SSSR count). The highest BCUT2D eigenvalue weighted by molar-refractivity contribution is 6.03. The number of hydrogen-bond acceptors (Lipinski definition) is 12. The van der Waals surface area contributed by atoms with Crippen LogP contribution in [-0.2, 0) is 9.57 Å². The molecule has 0 aromatic heterocycles. The molecule has 15 heteroatoms. The second-order valence-electron chi connectivity index (χ2n) is 17.8. The van der Waals surface area contributed by atoms with Crippen molar-refractivity contribution in [1.82, 2.24) is 10.2 Å². The zero-order valence-corrected chi connectivity index (χ0v) is 39.5. The van der Waals surface area contributed by atoms with Crippen LogP contribution < -0.4 is 19.5 Å². The number of aliphatic hydroxyl groups is 2. The highest BCUT2D eigenvalue weighted by Crippen LogP contribution is 2.62. The van der Waals surface area contributed by atoms with Gasteiger partial charge in [0, 0.05) is 56.3 Å². The quantitative estimate of drug-likeness (QED) is 0.0304. The number of allylic oxidation sites excluding steroid dienone is 1. The highest BCUT2D eigenvalue weighted by Gasteiger charge is 2.65. The molecule has 364 valence electrons. The van der Waals surface area contributed by atoms with Crippen molar-refractivity contribution in [3.63, 3.8) is 0 Å². The largest absolute Gasteiger partial charge is 0.459 e. The number of rotatable bonds is 29. The lowest BCUT2D eigenvalue weighted by Crippen LogP contribution is -2.70. The van der Waals surface area contributed by atoms with E-state index in [9.17, 15) is 29.9 Å². The summed E-state index contributed by atoms with van der Waals surface area (Å²) in [4.78, 5) is 45.8. The van der Waals surface area contributed by atoms with Crippen LogP contribution in [0.4, 0.5) is 15.3 Å². The van der Waals surface area contributed by atoms with Crippen LogP contribution >= 0.6 is 0 Å². The molecule has 0 spiro atoms. The van der Waals surface area contributed by atoms with Crippen LogP contribution in [0.15, 0.2) is 71.9 Å². The van der Waals surface area contributed by atoms with Gasteiger partial charge in [-0.2, -0.15) is 0 Å². The predicted octanol–water partition coefficient (Wildman–Crippen LogP) is 10.8. The summed E-state index contributed by atoms with van der Waals surface area (Å²) >= 11 is 0. The summed E-state index contributed by atoms with van der Waals surface area (Å²) in [6, 6.07) is 9.91. The van der Waals surface area contributed by atoms with Gasteiger partial charge in [-0.05, 0) is 86.3 Å². The molecule has 1 aliphatic heterocycles. The molecular formula is C51H74N4O11. The Kier molecular flexibility index (Phi) is 21.2. The normalized spacial score (nSPS) is 22.3. The molecule has 0 radical (unpaired) electrons. The number of amides is 2. The van der Waals surface area contributed by atoms with Gasteiger partial charge in [0.05, 0.1) is 23.2 Å². The van der Waals surface area contributed by atoms with Crippen LogP contribution in [0.25, 0.3) is 0 Å². The summed E-state index contributed by atoms with van der Waals surface area (Å²) in [6.07, 6.45) is 19.6. The SMILES string of the molecule is C=CCOC12Oc3ccc(OC(=O)NCCCCCCCCCCCC)cc3C3C(CCCCO)C(CCCCO)C=C(C(=NOC)CC1N(CCC)C(=O)Oc1ccc([N+](=O)[O-])cc1)C32. The van der Waals surface area contributed by atoms with Crippen LogP contribution in [0.2, 0.25) is 0 Å². The molecule has 3 aliphatic rings. The second-order valence-corrected chi connectivity index (χ2v) is 17.8. The van der Waals surface area contributed by atoms with Gasteiger partial charge in [0.25, 0.3) is 5.69 Å². The number of hydrogen-bond donors (Lipinski definition) is 3. The fourth-order valence-electron chi connectivity index (χ4n) is 10.2. The summed E-state index contributed by atoms with van der Waals surface area (Å²) in [6.45, 7) is 9.11. The Morgan fingerprint density at radius 1 is 0.909 bits per heavy atom. The third-order valence-corrected chi connectivity index (χ3v) is 13.2. The maximum atomic E-state index is 14.5. The summed E-state index contributed by atoms with van der Waals surface area (Å²) in [5.41, 5.74) is 2.16. The fourth-order valence-corrected chi connectivity index (χ4v) is 10.2. The minimum Gasteiger partial charge on any atom is -0.459 e. The first-order valence-electron chi connectivity index (χ1n) is 24.5. The Balaban J connectivity index is 1.53. The molecule has 1 heterocycles. The molecule has 0 saturated heterocycles. The van der Waals surface area contributed by atoms with Crippen molar-refractivity contribution in [2.75, 3.05) is 40.0 Å². The predicted molar refractivity (Wildman–Crippen MR) is 254 cm³/mol. The number of oxime groups is 1. The Morgan fingerprint density at radius 3 is 2.21 bits per heavy atom. The lowest BCUT2D eigenvalue weighted by molar-refractivity contribution is -0.384. The zero-order valence-electron chi connectivity index (χ0n) is 39.5. The number of fused-ring (bicyclic) bond motifs is 2. The molecule has 6 unspecified atom stereocenters. The van der Waals surface area contributed by atoms with Gasteiger partial charge in [0.1, 0.15) is 30.4 Å². The number of benzene rings is 2. The Bertz CT molecular complexity index is 1920. The molecule has 3 N–H and O–H groups in total. The van der Waals surface area contributed by atoms with Gasteiger partial charge in [-0.3, -0.25) is 15.0 Å². The number of non-ortho nitro benzene ring substituents is 1. The standard InChI is InChI=1S/C51H74N4O11/c1-5-8-9-10-11-12-13-14-15-18-29-52-49(58)64-40-27-28-45-43(35-40)47-41(22-17-20-32-57)37(21-16-19-31-56)34-42-44(53-62-4)36-46(51(66-45,48(42)47)63-33-7-3)54(30-6-2)50(59)65-39-25-23-38(24-26-39)55(60)61/h7,23-28,34-35,37,41,46-48,56-57H,3,5-6,8-22,29-33,36H2,1-2,4H3,(H,52,58). The van der Waals surface area contributed by atoms with Crippen molar-refractivity contribution in [3.8, 4) is 17.2 Å². The van der Waals surface area contributed by atoms with Gasteiger partial charge in [0.2, 0.25) is 5.79 Å². The maximum Gasteiger partial charge on any atom is 0.415 e. The van der Waals surface area contributed by atoms with Gasteiger partial charge >= 0.3 is 12.2 Å². The van der Waals surface area contributed by atoms with Crippen LogP contribution in [0, 0.1) is 27.9 Å². The van der Waals surface area contributed by atoms with Gasteiger partial charge in [-0.1, -0.05) is 102 Å². The Hall–Kier alpha value is -4.99. The van der Waals surface area contributed by atoms with E-state index in [1.54, 1.807) is 23.1 Å². The van der Waals surface area contributed by atoms with E-state index in [1.165, 1.54) is 76.3 Å². The topological polar surface area (TPSA) is 192 Å². The fraction of sp³-hybridized carbons (Fsp3) is 0.627. The molecule has 2 aliphatic carbocycles. The third kappa shape index (κ3) is 13.6. The van der Waals surface area contributed by atoms with Gasteiger partial charge in [0.15, 0.2) is 0 Å². The minimum absolute atomic E-state index is 0.0148. The summed E-state index contributed by atoms with van der Waals surface area (Å²) < 4.78 is 26.1. The smallest absolute Gasteiger partial charge is 0.415 e. The maximum absolute atomic E-state index is 14.5. The van der Waals surface area contributed by atoms with Crippen LogP contribution in [0.3, 0.4) is 0 Å². The van der Waals surface area contributed by atoms with Crippen LogP contribution in [0.5, 0.6) is 17.2 Å². The van der Waals surface area contributed by atoms with E-state index in [1.807, 2.05) is 13.0 Å². The van der Waals surface area contributed by atoms with Crippen molar-refractivity contribution in [1.29, 1.82) is 0 Å². The molecule has 2 aromatic rings. The van der Waals surface area contributed by atoms with Crippen molar-refractivity contribution in [2.45, 2.75) is 147 Å². The summed E-state index contributed by atoms with van der Waals surface area (Å²) in [5, 5.41) is 38.7. The van der Waals surface area contributed by atoms with E-state index in [-0.39, 0.29) is 62.0 Å².